The predicted octanol–water partition coefficient (Wildman–Crippen LogP) is 24.4. The molecule has 2 spiro atoms. The summed E-state index contributed by atoms with van der Waals surface area (Å²) in [5.74, 6) is 1.02. The largest absolute Gasteiger partial charge is 0.488 e. The Hall–Kier alpha value is -11.5. The standard InChI is InChI=1S/C96H66O3/c1-53-44-54(2)88(55(3)45-53)60(39-34-56-35-40-67-79(46-56)94(4,5)83-49-71(93-92(89(67)83)69-26-12-19-33-86(69)99-93)57-36-37-59-52-97-84-31-17-10-24-66(84)70(59)47-57)58-38-41-65-72-50-82-73(51-81(72)96(80(65)48-58)76-29-15-8-22-63(76)64-23-9-16-30-77(64)96)90-78(42-43-87-91(90)68-25-11-18-32-85(68)98-87)95(82)74-27-13-6-20-61(74)62-21-7-14-28-75(62)95/h6-33,35-38,40-51,60H,34,39,52H2,1-5H3. The lowest BCUT2D eigenvalue weighted by Crippen LogP contribution is -2.27. The molecule has 2 aromatic heterocycles. The molecule has 0 bridgehead atoms. The van der Waals surface area contributed by atoms with Crippen LogP contribution in [-0.4, -0.2) is 0 Å². The van der Waals surface area contributed by atoms with Crippen LogP contribution in [0, 0.1) is 20.8 Å². The molecule has 1 unspecified atom stereocenters. The van der Waals surface area contributed by atoms with Crippen molar-refractivity contribution in [3.05, 3.63) is 361 Å². The molecule has 0 radical (unpaired) electrons. The van der Waals surface area contributed by atoms with Crippen LogP contribution >= 0.6 is 0 Å². The summed E-state index contributed by atoms with van der Waals surface area (Å²) in [6.45, 7) is 12.4. The Kier molecular flexibility index (Phi) is 11.0. The fourth-order valence-corrected chi connectivity index (χ4v) is 20.4. The van der Waals surface area contributed by atoms with Gasteiger partial charge in [-0.1, -0.05) is 238 Å². The Bertz CT molecular complexity index is 6220. The van der Waals surface area contributed by atoms with Gasteiger partial charge in [0, 0.05) is 44.0 Å². The molecular weight excluding hydrogens is 1200 g/mol. The van der Waals surface area contributed by atoms with Gasteiger partial charge in [0.1, 0.15) is 34.7 Å². The summed E-state index contributed by atoms with van der Waals surface area (Å²) in [5.41, 5.74) is 42.5. The van der Waals surface area contributed by atoms with Crippen LogP contribution in [0.2, 0.25) is 0 Å². The number of hydrogen-bond acceptors (Lipinski definition) is 3. The highest BCUT2D eigenvalue weighted by molar-refractivity contribution is 6.20. The van der Waals surface area contributed by atoms with E-state index in [2.05, 4.69) is 302 Å². The third-order valence-electron chi connectivity index (χ3n) is 24.4. The molecule has 0 saturated carbocycles. The number of aryl methyl sites for hydroxylation is 4. The molecule has 5 aliphatic carbocycles. The summed E-state index contributed by atoms with van der Waals surface area (Å²) >= 11 is 0. The Morgan fingerprint density at radius 2 is 0.909 bits per heavy atom. The van der Waals surface area contributed by atoms with Crippen molar-refractivity contribution >= 4 is 43.9 Å². The molecular formula is C96H66O3. The van der Waals surface area contributed by atoms with Crippen molar-refractivity contribution in [3.63, 3.8) is 0 Å². The van der Waals surface area contributed by atoms with E-state index in [9.17, 15) is 0 Å². The Labute approximate surface area is 575 Å². The van der Waals surface area contributed by atoms with Crippen molar-refractivity contribution in [2.45, 2.75) is 76.2 Å². The third kappa shape index (κ3) is 7.07. The van der Waals surface area contributed by atoms with E-state index in [0.717, 1.165) is 68.4 Å². The van der Waals surface area contributed by atoms with Crippen LogP contribution in [0.5, 0.6) is 5.75 Å². The average Bonchev–Trinajstić information content (AvgIpc) is 1.49. The number of para-hydroxylation sites is 3. The molecule has 14 aromatic carbocycles. The van der Waals surface area contributed by atoms with Gasteiger partial charge >= 0.3 is 0 Å². The summed E-state index contributed by atoms with van der Waals surface area (Å²) < 4.78 is 20.1. The van der Waals surface area contributed by atoms with E-state index in [1.807, 2.05) is 0 Å². The molecule has 0 saturated heterocycles. The minimum atomic E-state index is -0.620. The van der Waals surface area contributed by atoms with Crippen molar-refractivity contribution in [1.82, 2.24) is 0 Å². The van der Waals surface area contributed by atoms with Gasteiger partial charge in [-0.05, 0) is 238 Å². The van der Waals surface area contributed by atoms with Crippen molar-refractivity contribution in [2.24, 2.45) is 0 Å². The van der Waals surface area contributed by atoms with Crippen molar-refractivity contribution in [1.29, 1.82) is 0 Å². The fourth-order valence-electron chi connectivity index (χ4n) is 20.4. The van der Waals surface area contributed by atoms with E-state index < -0.39 is 10.8 Å². The van der Waals surface area contributed by atoms with Gasteiger partial charge in [-0.25, -0.2) is 0 Å². The zero-order valence-corrected chi connectivity index (χ0v) is 55.8. The van der Waals surface area contributed by atoms with Crippen molar-refractivity contribution in [2.75, 3.05) is 0 Å². The third-order valence-corrected chi connectivity index (χ3v) is 24.4. The highest BCUT2D eigenvalue weighted by atomic mass is 16.5. The van der Waals surface area contributed by atoms with Crippen LogP contribution in [0.1, 0.15) is 121 Å². The summed E-state index contributed by atoms with van der Waals surface area (Å²) in [5, 5.41) is 4.68. The summed E-state index contributed by atoms with van der Waals surface area (Å²) in [6, 6.07) is 102. The normalized spacial score (nSPS) is 15.2. The number of fused-ring (bicyclic) bond motifs is 34. The monoisotopic (exact) mass is 1270 g/mol. The van der Waals surface area contributed by atoms with E-state index in [1.54, 1.807) is 0 Å². The topological polar surface area (TPSA) is 35.5 Å². The van der Waals surface area contributed by atoms with Gasteiger partial charge in [0.2, 0.25) is 0 Å². The number of furan rings is 2. The van der Waals surface area contributed by atoms with Gasteiger partial charge in [-0.15, -0.1) is 0 Å². The molecule has 0 amide bonds. The molecule has 3 heteroatoms. The van der Waals surface area contributed by atoms with Gasteiger partial charge in [-0.2, -0.15) is 0 Å². The minimum Gasteiger partial charge on any atom is -0.488 e. The smallest absolute Gasteiger partial charge is 0.143 e. The minimum absolute atomic E-state index is 0.0888. The van der Waals surface area contributed by atoms with Crippen LogP contribution in [0.3, 0.4) is 0 Å². The maximum absolute atomic E-state index is 7.04. The molecule has 22 rings (SSSR count). The lowest BCUT2D eigenvalue weighted by atomic mass is 9.68. The van der Waals surface area contributed by atoms with Gasteiger partial charge < -0.3 is 13.6 Å². The Balaban J connectivity index is 0.723. The van der Waals surface area contributed by atoms with Gasteiger partial charge in [0.15, 0.2) is 0 Å². The van der Waals surface area contributed by atoms with Crippen molar-refractivity contribution < 1.29 is 13.6 Å². The summed E-state index contributed by atoms with van der Waals surface area (Å²) in [6.07, 6.45) is 1.83. The highest BCUT2D eigenvalue weighted by Crippen LogP contribution is 2.69. The molecule has 99 heavy (non-hydrogen) atoms. The van der Waals surface area contributed by atoms with Crippen LogP contribution in [-0.2, 0) is 29.3 Å². The summed E-state index contributed by atoms with van der Waals surface area (Å²) in [4.78, 5) is 0. The lowest BCUT2D eigenvalue weighted by molar-refractivity contribution is 0.302. The number of hydrogen-bond donors (Lipinski definition) is 0. The molecule has 468 valence electrons. The number of rotatable bonds is 6. The molecule has 3 heterocycles. The maximum Gasteiger partial charge on any atom is 0.143 e. The summed E-state index contributed by atoms with van der Waals surface area (Å²) in [7, 11) is 0. The van der Waals surface area contributed by atoms with Gasteiger partial charge in [-0.3, -0.25) is 0 Å². The second-order valence-corrected chi connectivity index (χ2v) is 29.6. The molecule has 1 atom stereocenters. The maximum atomic E-state index is 7.04. The highest BCUT2D eigenvalue weighted by Gasteiger charge is 2.57. The zero-order valence-electron chi connectivity index (χ0n) is 55.8. The lowest BCUT2D eigenvalue weighted by Gasteiger charge is -2.33. The molecule has 16 aromatic rings. The first-order valence-electron chi connectivity index (χ1n) is 35.3. The van der Waals surface area contributed by atoms with E-state index in [4.69, 9.17) is 13.6 Å². The van der Waals surface area contributed by atoms with E-state index in [0.29, 0.717) is 6.61 Å². The van der Waals surface area contributed by atoms with Crippen molar-refractivity contribution in [3.8, 4) is 83.6 Å². The first-order chi connectivity index (χ1) is 48.6. The fraction of sp³-hybridized carbons (Fsp3) is 0.125. The molecule has 6 aliphatic rings. The van der Waals surface area contributed by atoms with E-state index in [-0.39, 0.29) is 11.3 Å². The Morgan fingerprint density at radius 3 is 1.61 bits per heavy atom. The van der Waals surface area contributed by atoms with Crippen LogP contribution < -0.4 is 4.74 Å². The van der Waals surface area contributed by atoms with Crippen LogP contribution in [0.4, 0.5) is 0 Å². The zero-order chi connectivity index (χ0) is 65.5. The van der Waals surface area contributed by atoms with Crippen LogP contribution in [0.15, 0.2) is 276 Å². The van der Waals surface area contributed by atoms with Gasteiger partial charge in [0.05, 0.1) is 10.8 Å². The quantitative estimate of drug-likeness (QED) is 0.166. The molecule has 1 aliphatic heterocycles. The van der Waals surface area contributed by atoms with Crippen LogP contribution in [0.25, 0.3) is 122 Å². The second kappa shape index (κ2) is 19.6. The molecule has 0 fully saturated rings. The first-order valence-corrected chi connectivity index (χ1v) is 35.3. The van der Waals surface area contributed by atoms with Gasteiger partial charge in [0.25, 0.3) is 0 Å². The Morgan fingerprint density at radius 1 is 0.364 bits per heavy atom. The number of benzene rings is 14. The number of ether oxygens (including phenoxy) is 1. The predicted molar refractivity (Wildman–Crippen MR) is 404 cm³/mol. The SMILES string of the molecule is Cc1cc(C)c(C(CCc2ccc3c(c2)C(C)(C)c2cc(-c4ccc5c(c4)-c4ccccc4OC5)c4oc5ccccc5c4c2-3)c2ccc3c(c2)C2(c4ccccc4-c4ccccc42)c2cc4c(cc2-3)C2(c3ccccc3-c3ccccc32)c2ccc3oc5ccccc5c3c2-4)c(C)c1. The second-order valence-electron chi connectivity index (χ2n) is 29.6. The molecule has 0 N–H and O–H groups in total. The van der Waals surface area contributed by atoms with E-state index in [1.165, 1.54) is 167 Å². The van der Waals surface area contributed by atoms with E-state index >= 15 is 0 Å². The molecule has 3 nitrogen and oxygen atoms in total. The first kappa shape index (κ1) is 55.6. The average molecular weight is 1270 g/mol.